The maximum absolute atomic E-state index is 12.1. The van der Waals surface area contributed by atoms with Crippen molar-refractivity contribution in [3.8, 4) is 5.75 Å². The fourth-order valence-corrected chi connectivity index (χ4v) is 2.21. The van der Waals surface area contributed by atoms with Gasteiger partial charge >= 0.3 is 5.97 Å². The summed E-state index contributed by atoms with van der Waals surface area (Å²) in [7, 11) is 0. The minimum absolute atomic E-state index is 0.0108. The number of amides is 1. The second-order valence-electron chi connectivity index (χ2n) is 5.11. The number of hydrogen-bond donors (Lipinski definition) is 1. The van der Waals surface area contributed by atoms with Gasteiger partial charge in [-0.1, -0.05) is 11.6 Å². The van der Waals surface area contributed by atoms with Gasteiger partial charge < -0.3 is 19.5 Å². The molecule has 0 spiro atoms. The van der Waals surface area contributed by atoms with Gasteiger partial charge in [0, 0.05) is 13.1 Å². The molecule has 1 aromatic rings. The number of carbonyl (C=O) groups is 2. The van der Waals surface area contributed by atoms with Gasteiger partial charge in [0.15, 0.2) is 6.61 Å². The molecule has 6 heteroatoms. The Morgan fingerprint density at radius 3 is 2.90 bits per heavy atom. The number of ether oxygens (including phenoxy) is 2. The van der Waals surface area contributed by atoms with Crippen LogP contribution < -0.4 is 4.74 Å². The van der Waals surface area contributed by atoms with Gasteiger partial charge in [-0.2, -0.15) is 0 Å². The summed E-state index contributed by atoms with van der Waals surface area (Å²) in [4.78, 5) is 24.9. The van der Waals surface area contributed by atoms with E-state index in [0.29, 0.717) is 19.7 Å². The van der Waals surface area contributed by atoms with E-state index in [-0.39, 0.29) is 29.9 Å². The van der Waals surface area contributed by atoms with Crippen LogP contribution in [-0.4, -0.2) is 54.3 Å². The fraction of sp³-hybridized carbons (Fsp3) is 0.467. The van der Waals surface area contributed by atoms with Crippen LogP contribution in [0.3, 0.4) is 0 Å². The number of nitrogens with zero attached hydrogens (tertiary/aromatic N) is 1. The Morgan fingerprint density at radius 1 is 1.48 bits per heavy atom. The standard InChI is InChI=1S/C15H19NO5/c1-10-3-4-13(12(7-10)15(18)19)21-9-14(17)16-5-6-20-11(2)8-16/h3-4,7,11H,5-6,8-9H2,1-2H3,(H,18,19). The van der Waals surface area contributed by atoms with E-state index < -0.39 is 5.97 Å². The Morgan fingerprint density at radius 2 is 2.24 bits per heavy atom. The first kappa shape index (κ1) is 15.3. The predicted octanol–water partition coefficient (Wildman–Crippen LogP) is 1.32. The van der Waals surface area contributed by atoms with Gasteiger partial charge in [-0.05, 0) is 26.0 Å². The summed E-state index contributed by atoms with van der Waals surface area (Å²) < 4.78 is 10.8. The Bertz CT molecular complexity index is 543. The van der Waals surface area contributed by atoms with Crippen molar-refractivity contribution in [1.29, 1.82) is 0 Å². The second kappa shape index (κ2) is 6.58. The highest BCUT2D eigenvalue weighted by molar-refractivity contribution is 5.91. The molecule has 1 fully saturated rings. The van der Waals surface area contributed by atoms with E-state index in [4.69, 9.17) is 14.6 Å². The molecule has 21 heavy (non-hydrogen) atoms. The Kier molecular flexibility index (Phi) is 4.80. The predicted molar refractivity (Wildman–Crippen MR) is 75.6 cm³/mol. The lowest BCUT2D eigenvalue weighted by molar-refractivity contribution is -0.140. The van der Waals surface area contributed by atoms with Gasteiger partial charge in [-0.25, -0.2) is 4.79 Å². The van der Waals surface area contributed by atoms with Gasteiger partial charge in [-0.3, -0.25) is 4.79 Å². The van der Waals surface area contributed by atoms with Crippen LogP contribution in [0.1, 0.15) is 22.8 Å². The first-order valence-corrected chi connectivity index (χ1v) is 6.83. The first-order chi connectivity index (χ1) is 9.97. The molecule has 0 saturated carbocycles. The van der Waals surface area contributed by atoms with Gasteiger partial charge in [-0.15, -0.1) is 0 Å². The minimum atomic E-state index is -1.07. The third kappa shape index (κ3) is 3.95. The van der Waals surface area contributed by atoms with Crippen LogP contribution in [0, 0.1) is 6.92 Å². The highest BCUT2D eigenvalue weighted by Gasteiger charge is 2.22. The number of rotatable bonds is 4. The first-order valence-electron chi connectivity index (χ1n) is 6.83. The molecule has 0 bridgehead atoms. The zero-order chi connectivity index (χ0) is 15.4. The maximum atomic E-state index is 12.1. The number of carbonyl (C=O) groups excluding carboxylic acids is 1. The van der Waals surface area contributed by atoms with Crippen LogP contribution in [0.2, 0.25) is 0 Å². The summed E-state index contributed by atoms with van der Waals surface area (Å²) in [5, 5.41) is 9.15. The van der Waals surface area contributed by atoms with E-state index in [0.717, 1.165) is 5.56 Å². The van der Waals surface area contributed by atoms with E-state index in [1.54, 1.807) is 24.0 Å². The minimum Gasteiger partial charge on any atom is -0.483 e. The fourth-order valence-electron chi connectivity index (χ4n) is 2.21. The average Bonchev–Trinajstić information content (AvgIpc) is 2.45. The van der Waals surface area contributed by atoms with Crippen LogP contribution in [-0.2, 0) is 9.53 Å². The molecular weight excluding hydrogens is 274 g/mol. The Labute approximate surface area is 123 Å². The van der Waals surface area contributed by atoms with Crippen molar-refractivity contribution in [2.75, 3.05) is 26.3 Å². The summed E-state index contributed by atoms with van der Waals surface area (Å²) >= 11 is 0. The lowest BCUT2D eigenvalue weighted by Crippen LogP contribution is -2.46. The third-order valence-corrected chi connectivity index (χ3v) is 3.31. The molecular formula is C15H19NO5. The lowest BCUT2D eigenvalue weighted by atomic mass is 10.1. The Hall–Kier alpha value is -2.08. The quantitative estimate of drug-likeness (QED) is 0.906. The molecule has 0 aliphatic carbocycles. The van der Waals surface area contributed by atoms with Crippen molar-refractivity contribution in [2.45, 2.75) is 20.0 Å². The van der Waals surface area contributed by atoms with Crippen LogP contribution in [0.25, 0.3) is 0 Å². The Balaban J connectivity index is 1.99. The molecule has 1 heterocycles. The molecule has 1 atom stereocenters. The van der Waals surface area contributed by atoms with Crippen LogP contribution in [0.5, 0.6) is 5.75 Å². The topological polar surface area (TPSA) is 76.1 Å². The zero-order valence-corrected chi connectivity index (χ0v) is 12.2. The third-order valence-electron chi connectivity index (χ3n) is 3.31. The zero-order valence-electron chi connectivity index (χ0n) is 12.2. The van der Waals surface area contributed by atoms with Crippen molar-refractivity contribution in [3.05, 3.63) is 29.3 Å². The van der Waals surface area contributed by atoms with Crippen molar-refractivity contribution in [3.63, 3.8) is 0 Å². The van der Waals surface area contributed by atoms with E-state index in [9.17, 15) is 9.59 Å². The van der Waals surface area contributed by atoms with Crippen LogP contribution in [0.4, 0.5) is 0 Å². The van der Waals surface area contributed by atoms with Gasteiger partial charge in [0.05, 0.1) is 12.7 Å². The van der Waals surface area contributed by atoms with Crippen molar-refractivity contribution < 1.29 is 24.2 Å². The molecule has 1 amide bonds. The summed E-state index contributed by atoms with van der Waals surface area (Å²) in [6.45, 7) is 5.11. The van der Waals surface area contributed by atoms with Gasteiger partial charge in [0.1, 0.15) is 11.3 Å². The van der Waals surface area contributed by atoms with E-state index in [1.807, 2.05) is 6.92 Å². The van der Waals surface area contributed by atoms with E-state index in [1.165, 1.54) is 6.07 Å². The number of carboxylic acids is 1. The number of aryl methyl sites for hydroxylation is 1. The molecule has 1 unspecified atom stereocenters. The summed E-state index contributed by atoms with van der Waals surface area (Å²) in [5.41, 5.74) is 0.895. The molecule has 1 N–H and O–H groups in total. The monoisotopic (exact) mass is 293 g/mol. The van der Waals surface area contributed by atoms with Crippen molar-refractivity contribution in [2.24, 2.45) is 0 Å². The molecule has 114 valence electrons. The molecule has 0 radical (unpaired) electrons. The van der Waals surface area contributed by atoms with Gasteiger partial charge in [0.25, 0.3) is 5.91 Å². The smallest absolute Gasteiger partial charge is 0.339 e. The molecule has 0 aromatic heterocycles. The summed E-state index contributed by atoms with van der Waals surface area (Å²) in [6, 6.07) is 4.86. The highest BCUT2D eigenvalue weighted by Crippen LogP contribution is 2.20. The van der Waals surface area contributed by atoms with E-state index >= 15 is 0 Å². The lowest BCUT2D eigenvalue weighted by Gasteiger charge is -2.31. The van der Waals surface area contributed by atoms with Crippen molar-refractivity contribution >= 4 is 11.9 Å². The largest absolute Gasteiger partial charge is 0.483 e. The summed E-state index contributed by atoms with van der Waals surface area (Å²) in [5.74, 6) is -1.02. The summed E-state index contributed by atoms with van der Waals surface area (Å²) in [6.07, 6.45) is 0.0108. The highest BCUT2D eigenvalue weighted by atomic mass is 16.5. The maximum Gasteiger partial charge on any atom is 0.339 e. The molecule has 6 nitrogen and oxygen atoms in total. The number of hydrogen-bond acceptors (Lipinski definition) is 4. The molecule has 2 rings (SSSR count). The molecule has 1 saturated heterocycles. The molecule has 1 aliphatic rings. The van der Waals surface area contributed by atoms with Crippen LogP contribution >= 0.6 is 0 Å². The number of aromatic carboxylic acids is 1. The normalized spacial score (nSPS) is 18.4. The number of benzene rings is 1. The van der Waals surface area contributed by atoms with Crippen molar-refractivity contribution in [1.82, 2.24) is 4.90 Å². The molecule has 1 aliphatic heterocycles. The van der Waals surface area contributed by atoms with E-state index in [2.05, 4.69) is 0 Å². The van der Waals surface area contributed by atoms with Gasteiger partial charge in [0.2, 0.25) is 0 Å². The number of carboxylic acid groups (broad SMARTS) is 1. The second-order valence-corrected chi connectivity index (χ2v) is 5.11. The number of morpholine rings is 1. The average molecular weight is 293 g/mol. The molecule has 1 aromatic carbocycles. The SMILES string of the molecule is Cc1ccc(OCC(=O)N2CCOC(C)C2)c(C(=O)O)c1. The van der Waals surface area contributed by atoms with Crippen LogP contribution in [0.15, 0.2) is 18.2 Å².